The van der Waals surface area contributed by atoms with Crippen LogP contribution in [0.15, 0.2) is 64.3 Å². The molecule has 0 bridgehead atoms. The quantitative estimate of drug-likeness (QED) is 0.351. The van der Waals surface area contributed by atoms with Gasteiger partial charge in [-0.25, -0.2) is 4.79 Å². The van der Waals surface area contributed by atoms with E-state index in [1.807, 2.05) is 40.0 Å². The molecule has 0 aliphatic carbocycles. The molecule has 0 saturated carbocycles. The second-order valence-electron chi connectivity index (χ2n) is 6.91. The Bertz CT molecular complexity index is 1490. The van der Waals surface area contributed by atoms with Crippen LogP contribution in [0.25, 0.3) is 23.1 Å². The van der Waals surface area contributed by atoms with E-state index in [2.05, 4.69) is 4.98 Å². The van der Waals surface area contributed by atoms with Crippen LogP contribution in [-0.2, 0) is 6.54 Å². The fourth-order valence-electron chi connectivity index (χ4n) is 3.43. The van der Waals surface area contributed by atoms with Gasteiger partial charge in [0, 0.05) is 41.3 Å². The molecule has 2 aromatic carbocycles. The van der Waals surface area contributed by atoms with Gasteiger partial charge < -0.3 is 9.55 Å². The van der Waals surface area contributed by atoms with Crippen molar-refractivity contribution >= 4 is 34.4 Å². The maximum Gasteiger partial charge on any atom is 0.357 e. The van der Waals surface area contributed by atoms with Crippen LogP contribution >= 0.6 is 0 Å². The van der Waals surface area contributed by atoms with Crippen LogP contribution in [0.3, 0.4) is 0 Å². The first kappa shape index (κ1) is 20.5. The number of rotatable bonds is 6. The second kappa shape index (κ2) is 8.14. The number of nitro benzene ring substituents is 1. The Hall–Kier alpha value is -4.80. The molecule has 0 fully saturated rings. The summed E-state index contributed by atoms with van der Waals surface area (Å²) in [5, 5.41) is 22.9. The van der Waals surface area contributed by atoms with Crippen LogP contribution in [0.5, 0.6) is 0 Å². The van der Waals surface area contributed by atoms with E-state index in [-0.39, 0.29) is 11.4 Å². The molecule has 2 heterocycles. The van der Waals surface area contributed by atoms with Gasteiger partial charge in [0.05, 0.1) is 9.85 Å². The summed E-state index contributed by atoms with van der Waals surface area (Å²) in [6, 6.07) is 13.7. The number of benzene rings is 2. The fraction of sp³-hybridized carbons (Fsp3) is 0.0476. The fourth-order valence-corrected chi connectivity index (χ4v) is 3.43. The molecule has 0 saturated heterocycles. The van der Waals surface area contributed by atoms with Gasteiger partial charge in [0.25, 0.3) is 5.69 Å². The second-order valence-corrected chi connectivity index (χ2v) is 6.91. The Kier molecular flexibility index (Phi) is 5.21. The number of aromatic nitrogens is 3. The molecule has 32 heavy (non-hydrogen) atoms. The molecule has 0 atom stereocenters. The normalized spacial score (nSPS) is 11.2. The van der Waals surface area contributed by atoms with Crippen molar-refractivity contribution in [3.8, 4) is 0 Å². The van der Waals surface area contributed by atoms with Gasteiger partial charge in [-0.3, -0.25) is 30.0 Å². The van der Waals surface area contributed by atoms with Crippen molar-refractivity contribution < 1.29 is 9.85 Å². The molecule has 2 N–H and O–H groups in total. The molecule has 4 rings (SSSR count). The van der Waals surface area contributed by atoms with Crippen LogP contribution in [0.4, 0.5) is 11.4 Å². The lowest BCUT2D eigenvalue weighted by Gasteiger charge is -2.05. The van der Waals surface area contributed by atoms with Crippen LogP contribution in [0.1, 0.15) is 16.8 Å². The van der Waals surface area contributed by atoms with Crippen LogP contribution < -0.4 is 11.2 Å². The largest absolute Gasteiger partial charge is 0.357 e. The Morgan fingerprint density at radius 3 is 2.31 bits per heavy atom. The highest BCUT2D eigenvalue weighted by Gasteiger charge is 2.19. The predicted molar refractivity (Wildman–Crippen MR) is 117 cm³/mol. The van der Waals surface area contributed by atoms with Crippen LogP contribution in [-0.4, -0.2) is 24.4 Å². The number of nitro groups is 2. The molecule has 0 unspecified atom stereocenters. The van der Waals surface area contributed by atoms with Gasteiger partial charge in [-0.1, -0.05) is 36.4 Å². The SMILES string of the molecule is O=c1[nH]c(/C=C/c2cn(Cc3ccc([N+](=O)[O-])cc3)c3ccccc23)c([N+](=O)[O-])c(=O)[nH]1. The first-order chi connectivity index (χ1) is 15.3. The maximum absolute atomic E-state index is 11.8. The third-order valence-corrected chi connectivity index (χ3v) is 4.88. The Labute approximate surface area is 178 Å². The molecule has 0 aliphatic heterocycles. The van der Waals surface area contributed by atoms with Crippen molar-refractivity contribution in [3.05, 3.63) is 113 Å². The molecule has 0 spiro atoms. The predicted octanol–water partition coefficient (Wildman–Crippen LogP) is 3.05. The monoisotopic (exact) mass is 433 g/mol. The zero-order valence-electron chi connectivity index (χ0n) is 16.3. The summed E-state index contributed by atoms with van der Waals surface area (Å²) < 4.78 is 1.94. The number of aromatic amines is 2. The number of fused-ring (bicyclic) bond motifs is 1. The van der Waals surface area contributed by atoms with Crippen molar-refractivity contribution in [2.24, 2.45) is 0 Å². The first-order valence-electron chi connectivity index (χ1n) is 9.34. The number of nitrogens with one attached hydrogen (secondary N) is 2. The van der Waals surface area contributed by atoms with E-state index >= 15 is 0 Å². The van der Waals surface area contributed by atoms with Gasteiger partial charge in [-0.15, -0.1) is 0 Å². The lowest BCUT2D eigenvalue weighted by atomic mass is 10.1. The van der Waals surface area contributed by atoms with Crippen molar-refractivity contribution in [2.75, 3.05) is 0 Å². The Morgan fingerprint density at radius 2 is 1.62 bits per heavy atom. The average molecular weight is 433 g/mol. The third-order valence-electron chi connectivity index (χ3n) is 4.88. The molecule has 0 aliphatic rings. The topological polar surface area (TPSA) is 157 Å². The van der Waals surface area contributed by atoms with Crippen molar-refractivity contribution in [1.29, 1.82) is 0 Å². The van der Waals surface area contributed by atoms with Crippen molar-refractivity contribution in [2.45, 2.75) is 6.54 Å². The maximum atomic E-state index is 11.8. The number of para-hydroxylation sites is 1. The van der Waals surface area contributed by atoms with E-state index < -0.39 is 26.8 Å². The van der Waals surface area contributed by atoms with Crippen molar-refractivity contribution in [3.63, 3.8) is 0 Å². The standard InChI is InChI=1S/C21H15N5O6/c27-20-19(26(31)32)17(22-21(28)23-20)10-7-14-12-24(18-4-2-1-3-16(14)18)11-13-5-8-15(9-6-13)25(29)30/h1-10,12H,11H2,(H2,22,23,27,28)/b10-7+. The molecule has 11 nitrogen and oxygen atoms in total. The van der Waals surface area contributed by atoms with Gasteiger partial charge in [0.15, 0.2) is 0 Å². The van der Waals surface area contributed by atoms with E-state index in [1.54, 1.807) is 18.2 Å². The lowest BCUT2D eigenvalue weighted by Crippen LogP contribution is -2.25. The van der Waals surface area contributed by atoms with Crippen molar-refractivity contribution in [1.82, 2.24) is 14.5 Å². The molecule has 11 heteroatoms. The van der Waals surface area contributed by atoms with E-state index in [4.69, 9.17) is 0 Å². The van der Waals surface area contributed by atoms with E-state index in [0.717, 1.165) is 16.5 Å². The highest BCUT2D eigenvalue weighted by molar-refractivity contribution is 5.92. The van der Waals surface area contributed by atoms with Crippen LogP contribution in [0, 0.1) is 20.2 Å². The summed E-state index contributed by atoms with van der Waals surface area (Å²) in [6.45, 7) is 0.439. The summed E-state index contributed by atoms with van der Waals surface area (Å²) in [5.41, 5.74) is -0.465. The number of nitrogens with zero attached hydrogens (tertiary/aromatic N) is 3. The van der Waals surface area contributed by atoms with Gasteiger partial charge in [-0.05, 0) is 17.7 Å². The van der Waals surface area contributed by atoms with Gasteiger partial charge >= 0.3 is 16.9 Å². The van der Waals surface area contributed by atoms with Gasteiger partial charge in [0.1, 0.15) is 5.69 Å². The first-order valence-corrected chi connectivity index (χ1v) is 9.34. The number of non-ortho nitro benzene ring substituents is 1. The zero-order chi connectivity index (χ0) is 22.8. The minimum atomic E-state index is -1.08. The lowest BCUT2D eigenvalue weighted by molar-refractivity contribution is -0.386. The third kappa shape index (κ3) is 3.94. The zero-order valence-corrected chi connectivity index (χ0v) is 16.3. The summed E-state index contributed by atoms with van der Waals surface area (Å²) in [7, 11) is 0. The minimum absolute atomic E-state index is 0.00294. The molecular weight excluding hydrogens is 418 g/mol. The Balaban J connectivity index is 1.74. The molecular formula is C21H15N5O6. The number of hydrogen-bond acceptors (Lipinski definition) is 6. The number of hydrogen-bond donors (Lipinski definition) is 2. The highest BCUT2D eigenvalue weighted by Crippen LogP contribution is 2.25. The van der Waals surface area contributed by atoms with E-state index in [9.17, 15) is 29.8 Å². The Morgan fingerprint density at radius 1 is 0.906 bits per heavy atom. The van der Waals surface area contributed by atoms with Gasteiger partial charge in [0.2, 0.25) is 0 Å². The molecule has 160 valence electrons. The number of H-pyrrole nitrogens is 2. The van der Waals surface area contributed by atoms with E-state index in [1.165, 1.54) is 18.2 Å². The average Bonchev–Trinajstić information content (AvgIpc) is 3.09. The van der Waals surface area contributed by atoms with E-state index in [0.29, 0.717) is 12.1 Å². The van der Waals surface area contributed by atoms with Crippen LogP contribution in [0.2, 0.25) is 0 Å². The summed E-state index contributed by atoms with van der Waals surface area (Å²) in [5.74, 6) is 0. The molecule has 0 amide bonds. The summed E-state index contributed by atoms with van der Waals surface area (Å²) in [6.07, 6.45) is 4.71. The molecule has 4 aromatic rings. The molecule has 0 radical (unpaired) electrons. The van der Waals surface area contributed by atoms with Gasteiger partial charge in [-0.2, -0.15) is 0 Å². The summed E-state index contributed by atoms with van der Waals surface area (Å²) in [4.78, 5) is 48.3. The summed E-state index contributed by atoms with van der Waals surface area (Å²) >= 11 is 0. The minimum Gasteiger partial charge on any atom is -0.342 e. The smallest absolute Gasteiger partial charge is 0.342 e. The molecule has 2 aromatic heterocycles. The highest BCUT2D eigenvalue weighted by atomic mass is 16.6.